The second kappa shape index (κ2) is 12.4. The Labute approximate surface area is 245 Å². The van der Waals surface area contributed by atoms with E-state index in [2.05, 4.69) is 24.9 Å². The van der Waals surface area contributed by atoms with Crippen LogP contribution < -0.4 is 26.5 Å². The number of anilines is 1. The quantitative estimate of drug-likeness (QED) is 0.0732. The summed E-state index contributed by atoms with van der Waals surface area (Å²) in [4.78, 5) is 47.9. The number of carboxylic acids is 1. The number of rotatable bonds is 10. The van der Waals surface area contributed by atoms with Gasteiger partial charge in [0.2, 0.25) is 11.5 Å². The molecule has 15 nitrogen and oxygen atoms in total. The predicted molar refractivity (Wildman–Crippen MR) is 147 cm³/mol. The van der Waals surface area contributed by atoms with Crippen molar-refractivity contribution in [1.82, 2.24) is 29.2 Å². The molecule has 5 rings (SSSR count). The Morgan fingerprint density at radius 1 is 1.40 bits per heavy atom. The number of oxime groups is 1. The molecular formula is C21H23ClN10O5S3. The summed E-state index contributed by atoms with van der Waals surface area (Å²) < 4.78 is 7.49. The molecule has 0 spiro atoms. The molecule has 0 saturated carbocycles. The van der Waals surface area contributed by atoms with Crippen LogP contribution in [0, 0.1) is 0 Å². The van der Waals surface area contributed by atoms with E-state index in [1.54, 1.807) is 16.9 Å². The largest absolute Gasteiger partial charge is 0.543 e. The zero-order chi connectivity index (χ0) is 27.7. The number of amides is 2. The minimum atomic E-state index is -1.47. The first-order valence-electron chi connectivity index (χ1n) is 11.4. The standard InChI is InChI=1S/C21H22N10O5S3.ClH/c1-36-27-13(16-25-21(23)39-28-16)17(32)24-14-18(33)31-15(20(34)35)10(9-38-19(14)31)8-29-5-6-30-12(29)3-2-11(26-30)37-7-4-22;/h2-3,5-6,14,19H,4,7-9,22H2,1H3,(H3-,23,24,25,28,32,34,35);1H/b27-13-;/t14-,19-;/m1./s1. The second-order valence-electron chi connectivity index (χ2n) is 8.22. The number of imidazole rings is 1. The number of halogens is 1. The SMILES string of the molecule is CO/N=C(\C(=O)N[C@@H]1C(=O)N2C(C(=O)[O-])=C(C[n+]3ccn4nc(SCCN)ccc43)CS[C@H]12)c1nsc(N)n1.Cl. The third-order valence-electron chi connectivity index (χ3n) is 5.81. The van der Waals surface area contributed by atoms with Crippen molar-refractivity contribution in [2.24, 2.45) is 10.9 Å². The zero-order valence-electron chi connectivity index (χ0n) is 20.8. The average molecular weight is 627 g/mol. The van der Waals surface area contributed by atoms with Crippen LogP contribution in [0.3, 0.4) is 0 Å². The summed E-state index contributed by atoms with van der Waals surface area (Å²) in [6.45, 7) is 0.744. The monoisotopic (exact) mass is 626 g/mol. The number of nitrogens with one attached hydrogen (secondary N) is 1. The molecule has 2 aliphatic heterocycles. The molecule has 212 valence electrons. The van der Waals surface area contributed by atoms with Crippen LogP contribution in [-0.4, -0.2) is 83.9 Å². The molecule has 3 aromatic rings. The zero-order valence-corrected chi connectivity index (χ0v) is 24.0. The summed E-state index contributed by atoms with van der Waals surface area (Å²) in [5.41, 5.74) is 11.9. The normalized spacial score (nSPS) is 18.7. The maximum Gasteiger partial charge on any atom is 0.307 e. The van der Waals surface area contributed by atoms with Gasteiger partial charge < -0.3 is 31.5 Å². The van der Waals surface area contributed by atoms with Crippen molar-refractivity contribution < 1.29 is 28.9 Å². The van der Waals surface area contributed by atoms with Gasteiger partial charge in [0, 0.05) is 41.2 Å². The fraction of sp³-hybridized carbons (Fsp3) is 0.333. The van der Waals surface area contributed by atoms with Crippen molar-refractivity contribution in [3.63, 3.8) is 0 Å². The Hall–Kier alpha value is -3.45. The van der Waals surface area contributed by atoms with Gasteiger partial charge in [-0.2, -0.15) is 9.36 Å². The number of nitrogens with zero attached hydrogens (tertiary/aromatic N) is 7. The molecule has 0 radical (unpaired) electrons. The lowest BCUT2D eigenvalue weighted by Crippen LogP contribution is -2.71. The Morgan fingerprint density at radius 3 is 2.88 bits per heavy atom. The van der Waals surface area contributed by atoms with E-state index >= 15 is 0 Å². The molecule has 2 amide bonds. The smallest absolute Gasteiger partial charge is 0.307 e. The van der Waals surface area contributed by atoms with Crippen molar-refractivity contribution in [3.05, 3.63) is 41.6 Å². The van der Waals surface area contributed by atoms with Crippen molar-refractivity contribution in [2.75, 3.05) is 30.9 Å². The van der Waals surface area contributed by atoms with Gasteiger partial charge in [-0.05, 0) is 6.07 Å². The molecule has 19 heteroatoms. The van der Waals surface area contributed by atoms with Crippen molar-refractivity contribution in [2.45, 2.75) is 23.0 Å². The lowest BCUT2D eigenvalue weighted by molar-refractivity contribution is -0.662. The molecule has 0 aromatic carbocycles. The molecule has 5 N–H and O–H groups in total. The van der Waals surface area contributed by atoms with Gasteiger partial charge in [-0.1, -0.05) is 10.3 Å². The minimum Gasteiger partial charge on any atom is -0.543 e. The fourth-order valence-electron chi connectivity index (χ4n) is 4.16. The fourth-order valence-corrected chi connectivity index (χ4v) is 6.57. The lowest BCUT2D eigenvalue weighted by atomic mass is 10.0. The van der Waals surface area contributed by atoms with Crippen LogP contribution >= 0.6 is 47.5 Å². The van der Waals surface area contributed by atoms with Gasteiger partial charge in [0.1, 0.15) is 36.3 Å². The van der Waals surface area contributed by atoms with Gasteiger partial charge in [-0.3, -0.25) is 14.5 Å². The Kier molecular flexibility index (Phi) is 9.14. The highest BCUT2D eigenvalue weighted by molar-refractivity contribution is 8.00. The van der Waals surface area contributed by atoms with Gasteiger partial charge in [0.25, 0.3) is 11.8 Å². The molecule has 0 aliphatic carbocycles. The second-order valence-corrected chi connectivity index (χ2v) is 11.2. The van der Waals surface area contributed by atoms with Crippen molar-refractivity contribution in [3.8, 4) is 0 Å². The number of aliphatic carboxylic acids is 1. The topological polar surface area (TPSA) is 210 Å². The van der Waals surface area contributed by atoms with Crippen LogP contribution in [0.15, 0.2) is 46.0 Å². The van der Waals surface area contributed by atoms with Crippen LogP contribution in [-0.2, 0) is 25.8 Å². The molecule has 2 aliphatic rings. The first-order valence-corrected chi connectivity index (χ1v) is 14.2. The maximum absolute atomic E-state index is 13.1. The van der Waals surface area contributed by atoms with Crippen LogP contribution in [0.4, 0.5) is 5.13 Å². The summed E-state index contributed by atoms with van der Waals surface area (Å²) >= 11 is 3.74. The minimum absolute atomic E-state index is 0. The average Bonchev–Trinajstić information content (AvgIpc) is 3.54. The number of nitrogens with two attached hydrogens (primary N) is 2. The molecule has 40 heavy (non-hydrogen) atoms. The van der Waals surface area contributed by atoms with Gasteiger partial charge >= 0.3 is 5.65 Å². The molecule has 3 aromatic heterocycles. The number of carbonyl (C=O) groups is 3. The van der Waals surface area contributed by atoms with E-state index in [1.165, 1.54) is 30.6 Å². The Bertz CT molecular complexity index is 1530. The van der Waals surface area contributed by atoms with Crippen LogP contribution in [0.1, 0.15) is 5.82 Å². The van der Waals surface area contributed by atoms with Gasteiger partial charge in [-0.25, -0.2) is 4.57 Å². The summed E-state index contributed by atoms with van der Waals surface area (Å²) in [6.07, 6.45) is 3.55. The van der Waals surface area contributed by atoms with E-state index in [0.717, 1.165) is 32.9 Å². The first kappa shape index (κ1) is 29.5. The summed E-state index contributed by atoms with van der Waals surface area (Å²) in [7, 11) is 1.25. The highest BCUT2D eigenvalue weighted by atomic mass is 35.5. The van der Waals surface area contributed by atoms with Crippen LogP contribution in [0.5, 0.6) is 0 Å². The maximum atomic E-state index is 13.1. The number of fused-ring (bicyclic) bond motifs is 2. The Balaban J connectivity index is 0.00000370. The molecule has 5 heterocycles. The first-order chi connectivity index (χ1) is 18.8. The highest BCUT2D eigenvalue weighted by Gasteiger charge is 2.53. The number of hydrogen-bond acceptors (Lipinski definition) is 14. The van der Waals surface area contributed by atoms with E-state index < -0.39 is 29.2 Å². The molecule has 0 bridgehead atoms. The number of nitrogen functional groups attached to an aromatic ring is 1. The third kappa shape index (κ3) is 5.57. The van der Waals surface area contributed by atoms with Gasteiger partial charge in [0.15, 0.2) is 11.3 Å². The molecule has 1 fully saturated rings. The number of aromatic nitrogens is 5. The number of carboxylic acid groups (broad SMARTS) is 1. The molecule has 2 atom stereocenters. The third-order valence-corrected chi connectivity index (χ3v) is 8.64. The summed E-state index contributed by atoms with van der Waals surface area (Å²) in [5.74, 6) is -1.83. The predicted octanol–water partition coefficient (Wildman–Crippen LogP) is -2.02. The summed E-state index contributed by atoms with van der Waals surface area (Å²) in [5, 5.41) is 23.3. The molecular weight excluding hydrogens is 604 g/mol. The summed E-state index contributed by atoms with van der Waals surface area (Å²) in [6, 6.07) is 2.76. The molecule has 1 saturated heterocycles. The number of carbonyl (C=O) groups excluding carboxylic acids is 3. The van der Waals surface area contributed by atoms with Crippen LogP contribution in [0.25, 0.3) is 5.65 Å². The number of thioether (sulfide) groups is 2. The van der Waals surface area contributed by atoms with E-state index in [-0.39, 0.29) is 41.3 Å². The van der Waals surface area contributed by atoms with E-state index in [1.807, 2.05) is 16.7 Å². The van der Waals surface area contributed by atoms with Gasteiger partial charge in [-0.15, -0.1) is 40.4 Å². The number of hydrogen-bond donors (Lipinski definition) is 3. The van der Waals surface area contributed by atoms with Gasteiger partial charge in [0.05, 0.1) is 11.7 Å². The Morgan fingerprint density at radius 2 is 2.20 bits per heavy atom. The highest BCUT2D eigenvalue weighted by Crippen LogP contribution is 2.40. The number of β-lactam (4-membered cyclic amide) rings is 1. The lowest BCUT2D eigenvalue weighted by Gasteiger charge is -2.50. The van der Waals surface area contributed by atoms with Crippen molar-refractivity contribution >= 4 is 81.7 Å². The van der Waals surface area contributed by atoms with E-state index in [9.17, 15) is 19.5 Å². The van der Waals surface area contributed by atoms with Crippen molar-refractivity contribution in [1.29, 1.82) is 0 Å². The van der Waals surface area contributed by atoms with E-state index in [0.29, 0.717) is 17.9 Å². The van der Waals surface area contributed by atoms with E-state index in [4.69, 9.17) is 16.3 Å². The molecule has 0 unspecified atom stereocenters. The van der Waals surface area contributed by atoms with Crippen LogP contribution in [0.2, 0.25) is 0 Å².